The summed E-state index contributed by atoms with van der Waals surface area (Å²) in [5, 5.41) is 1.99. The molecule has 1 aliphatic heterocycles. The van der Waals surface area contributed by atoms with E-state index in [-0.39, 0.29) is 5.54 Å². The van der Waals surface area contributed by atoms with Gasteiger partial charge in [-0.2, -0.15) is 0 Å². The van der Waals surface area contributed by atoms with Crippen molar-refractivity contribution in [1.82, 2.24) is 14.9 Å². The van der Waals surface area contributed by atoms with Gasteiger partial charge in [0, 0.05) is 30.1 Å². The van der Waals surface area contributed by atoms with Crippen LogP contribution in [0.3, 0.4) is 0 Å². The molecular formula is C18H22Cl2N4S. The molecule has 1 aromatic heterocycles. The molecule has 1 aromatic carbocycles. The van der Waals surface area contributed by atoms with Crippen LogP contribution in [0.5, 0.6) is 0 Å². The number of nitrogens with two attached hydrogens (primary N) is 1. The zero-order chi connectivity index (χ0) is 18.0. The van der Waals surface area contributed by atoms with Gasteiger partial charge < -0.3 is 5.73 Å². The van der Waals surface area contributed by atoms with Crippen LogP contribution >= 0.6 is 35.0 Å². The van der Waals surface area contributed by atoms with Gasteiger partial charge in [0.2, 0.25) is 0 Å². The summed E-state index contributed by atoms with van der Waals surface area (Å²) in [7, 11) is 0. The molecule has 0 amide bonds. The first-order valence-electron chi connectivity index (χ1n) is 8.29. The molecule has 25 heavy (non-hydrogen) atoms. The summed E-state index contributed by atoms with van der Waals surface area (Å²) in [4.78, 5) is 12.7. The quantitative estimate of drug-likeness (QED) is 0.820. The molecule has 4 nitrogen and oxygen atoms in total. The van der Waals surface area contributed by atoms with Crippen molar-refractivity contribution >= 4 is 35.0 Å². The Labute approximate surface area is 163 Å². The maximum Gasteiger partial charge on any atom is 0.122 e. The van der Waals surface area contributed by atoms with Crippen molar-refractivity contribution in [1.29, 1.82) is 0 Å². The van der Waals surface area contributed by atoms with E-state index in [4.69, 9.17) is 33.9 Å². The maximum absolute atomic E-state index is 6.20. The third-order valence-electron chi connectivity index (χ3n) is 4.44. The van der Waals surface area contributed by atoms with Gasteiger partial charge in [0.1, 0.15) is 5.03 Å². The summed E-state index contributed by atoms with van der Waals surface area (Å²) >= 11 is 13.6. The summed E-state index contributed by atoms with van der Waals surface area (Å²) in [6, 6.07) is 5.58. The van der Waals surface area contributed by atoms with Gasteiger partial charge in [-0.15, -0.1) is 0 Å². The Bertz CT molecular complexity index is 757. The van der Waals surface area contributed by atoms with Crippen molar-refractivity contribution < 1.29 is 0 Å². The SMILES string of the molecule is Cc1nc(CN2CCC(C)(N)CC2)cnc1Sc1ccc(Cl)c(Cl)c1. The van der Waals surface area contributed by atoms with E-state index in [1.165, 1.54) is 0 Å². The molecule has 0 radical (unpaired) electrons. The highest BCUT2D eigenvalue weighted by Crippen LogP contribution is 2.32. The largest absolute Gasteiger partial charge is 0.325 e. The summed E-state index contributed by atoms with van der Waals surface area (Å²) in [5.41, 5.74) is 8.09. The lowest BCUT2D eigenvalue weighted by molar-refractivity contribution is 0.163. The minimum Gasteiger partial charge on any atom is -0.325 e. The average Bonchev–Trinajstić information content (AvgIpc) is 2.55. The van der Waals surface area contributed by atoms with E-state index >= 15 is 0 Å². The Morgan fingerprint density at radius 1 is 1.24 bits per heavy atom. The number of piperidine rings is 1. The van der Waals surface area contributed by atoms with Gasteiger partial charge in [0.05, 0.1) is 27.6 Å². The van der Waals surface area contributed by atoms with Crippen LogP contribution in [0.4, 0.5) is 0 Å². The highest BCUT2D eigenvalue weighted by atomic mass is 35.5. The Kier molecular flexibility index (Phi) is 5.91. The molecule has 2 N–H and O–H groups in total. The highest BCUT2D eigenvalue weighted by molar-refractivity contribution is 7.99. The van der Waals surface area contributed by atoms with Crippen molar-refractivity contribution in [2.24, 2.45) is 5.73 Å². The Morgan fingerprint density at radius 3 is 2.60 bits per heavy atom. The molecular weight excluding hydrogens is 375 g/mol. The van der Waals surface area contributed by atoms with Crippen molar-refractivity contribution in [3.05, 3.63) is 45.8 Å². The molecule has 1 fully saturated rings. The van der Waals surface area contributed by atoms with Crippen molar-refractivity contribution in [2.45, 2.75) is 48.7 Å². The number of aryl methyl sites for hydroxylation is 1. The zero-order valence-corrected chi connectivity index (χ0v) is 16.8. The number of benzene rings is 1. The molecule has 2 heterocycles. The minimum atomic E-state index is -0.0293. The maximum atomic E-state index is 6.20. The predicted molar refractivity (Wildman–Crippen MR) is 104 cm³/mol. The second-order valence-corrected chi connectivity index (χ2v) is 8.74. The Hall–Kier alpha value is -0.850. The summed E-state index contributed by atoms with van der Waals surface area (Å²) in [6.07, 6.45) is 3.90. The van der Waals surface area contributed by atoms with E-state index in [9.17, 15) is 0 Å². The number of hydrogen-bond donors (Lipinski definition) is 1. The first kappa shape index (κ1) is 18.9. The van der Waals surface area contributed by atoms with Crippen LogP contribution in [0.25, 0.3) is 0 Å². The molecule has 7 heteroatoms. The van der Waals surface area contributed by atoms with Crippen LogP contribution in [0.1, 0.15) is 31.2 Å². The van der Waals surface area contributed by atoms with Gasteiger partial charge in [-0.05, 0) is 44.9 Å². The van der Waals surface area contributed by atoms with Crippen molar-refractivity contribution in [3.8, 4) is 0 Å². The molecule has 0 aliphatic carbocycles. The Balaban J connectivity index is 1.65. The molecule has 0 bridgehead atoms. The van der Waals surface area contributed by atoms with Crippen LogP contribution in [-0.4, -0.2) is 33.5 Å². The number of nitrogens with zero attached hydrogens (tertiary/aromatic N) is 3. The summed E-state index contributed by atoms with van der Waals surface area (Å²) in [5.74, 6) is 0. The second-order valence-electron chi connectivity index (χ2n) is 6.86. The zero-order valence-electron chi connectivity index (χ0n) is 14.4. The standard InChI is InChI=1S/C18H22Cl2N4S/c1-12-17(25-14-3-4-15(19)16(20)9-14)22-10-13(23-12)11-24-7-5-18(2,21)6-8-24/h3-4,9-10H,5-8,11,21H2,1-2H3. The van der Waals surface area contributed by atoms with Crippen LogP contribution in [0.2, 0.25) is 10.0 Å². The van der Waals surface area contributed by atoms with Gasteiger partial charge >= 0.3 is 0 Å². The molecule has 0 spiro atoms. The molecule has 0 atom stereocenters. The van der Waals surface area contributed by atoms with Crippen LogP contribution in [-0.2, 0) is 6.54 Å². The first-order chi connectivity index (χ1) is 11.8. The third-order valence-corrected chi connectivity index (χ3v) is 6.26. The van der Waals surface area contributed by atoms with Crippen LogP contribution in [0.15, 0.2) is 34.3 Å². The first-order valence-corrected chi connectivity index (χ1v) is 9.86. The fourth-order valence-electron chi connectivity index (χ4n) is 2.80. The van der Waals surface area contributed by atoms with Crippen molar-refractivity contribution in [3.63, 3.8) is 0 Å². The predicted octanol–water partition coefficient (Wildman–Crippen LogP) is 4.56. The smallest absolute Gasteiger partial charge is 0.122 e. The Morgan fingerprint density at radius 2 is 1.96 bits per heavy atom. The normalized spacial score (nSPS) is 17.6. The van der Waals surface area contributed by atoms with E-state index in [0.29, 0.717) is 10.0 Å². The molecule has 0 unspecified atom stereocenters. The lowest BCUT2D eigenvalue weighted by Gasteiger charge is -2.36. The topological polar surface area (TPSA) is 55.0 Å². The lowest BCUT2D eigenvalue weighted by Crippen LogP contribution is -2.47. The number of rotatable bonds is 4. The number of hydrogen-bond acceptors (Lipinski definition) is 5. The van der Waals surface area contributed by atoms with Crippen LogP contribution in [0, 0.1) is 6.92 Å². The van der Waals surface area contributed by atoms with E-state index in [0.717, 1.165) is 53.8 Å². The monoisotopic (exact) mass is 396 g/mol. The van der Waals surface area contributed by atoms with Gasteiger partial charge in [-0.25, -0.2) is 4.98 Å². The molecule has 0 saturated carbocycles. The number of likely N-dealkylation sites (tertiary alicyclic amines) is 1. The minimum absolute atomic E-state index is 0.0293. The van der Waals surface area contributed by atoms with Gasteiger partial charge in [0.25, 0.3) is 0 Å². The van der Waals surface area contributed by atoms with E-state index in [2.05, 4.69) is 16.8 Å². The molecule has 1 saturated heterocycles. The molecule has 2 aromatic rings. The summed E-state index contributed by atoms with van der Waals surface area (Å²) < 4.78 is 0. The van der Waals surface area contributed by atoms with E-state index in [1.807, 2.05) is 25.3 Å². The third kappa shape index (κ3) is 5.08. The van der Waals surface area contributed by atoms with E-state index in [1.54, 1.807) is 17.8 Å². The van der Waals surface area contributed by atoms with Gasteiger partial charge in [-0.1, -0.05) is 35.0 Å². The number of halogens is 2. The van der Waals surface area contributed by atoms with Crippen LogP contribution < -0.4 is 5.73 Å². The lowest BCUT2D eigenvalue weighted by atomic mass is 9.91. The average molecular weight is 397 g/mol. The molecule has 3 rings (SSSR count). The van der Waals surface area contributed by atoms with Gasteiger partial charge in [0.15, 0.2) is 0 Å². The van der Waals surface area contributed by atoms with E-state index < -0.39 is 0 Å². The fourth-order valence-corrected chi connectivity index (χ4v) is 4.00. The van der Waals surface area contributed by atoms with Crippen molar-refractivity contribution in [2.75, 3.05) is 13.1 Å². The van der Waals surface area contributed by atoms with Gasteiger partial charge in [-0.3, -0.25) is 9.88 Å². The summed E-state index contributed by atoms with van der Waals surface area (Å²) in [6.45, 7) is 6.95. The molecule has 134 valence electrons. The highest BCUT2D eigenvalue weighted by Gasteiger charge is 2.26. The fraction of sp³-hybridized carbons (Fsp3) is 0.444. The number of aromatic nitrogens is 2. The second kappa shape index (κ2) is 7.80. The molecule has 1 aliphatic rings.